The van der Waals surface area contributed by atoms with Gasteiger partial charge in [0, 0.05) is 65.3 Å². The molecule has 0 bridgehead atoms. The van der Waals surface area contributed by atoms with E-state index in [-0.39, 0.29) is 24.4 Å². The van der Waals surface area contributed by atoms with E-state index in [1.165, 1.54) is 19.3 Å². The summed E-state index contributed by atoms with van der Waals surface area (Å²) in [7, 11) is 3.48. The third kappa shape index (κ3) is 7.64. The Hall–Kier alpha value is -1.87. The van der Waals surface area contributed by atoms with Gasteiger partial charge in [-0.1, -0.05) is 19.3 Å². The molecule has 0 spiro atoms. The lowest BCUT2D eigenvalue weighted by Crippen LogP contribution is -2.48. The van der Waals surface area contributed by atoms with Crippen LogP contribution >= 0.6 is 0 Å². The van der Waals surface area contributed by atoms with Gasteiger partial charge in [-0.3, -0.25) is 14.5 Å². The highest BCUT2D eigenvalue weighted by Gasteiger charge is 2.31. The number of likely N-dealkylation sites (N-methyl/N-ethyl adjacent to an activating group) is 1. The van der Waals surface area contributed by atoms with E-state index in [2.05, 4.69) is 20.5 Å². The van der Waals surface area contributed by atoms with Crippen molar-refractivity contribution in [2.45, 2.75) is 44.6 Å². The van der Waals surface area contributed by atoms with Gasteiger partial charge in [0.05, 0.1) is 13.2 Å². The fourth-order valence-corrected chi connectivity index (χ4v) is 4.48. The van der Waals surface area contributed by atoms with Crippen molar-refractivity contribution < 1.29 is 14.3 Å². The van der Waals surface area contributed by atoms with Crippen LogP contribution in [0, 0.1) is 5.92 Å². The van der Waals surface area contributed by atoms with Crippen LogP contribution in [0.1, 0.15) is 38.5 Å². The van der Waals surface area contributed by atoms with E-state index in [1.807, 2.05) is 4.90 Å². The van der Waals surface area contributed by atoms with E-state index in [0.29, 0.717) is 18.4 Å². The van der Waals surface area contributed by atoms with Gasteiger partial charge in [-0.25, -0.2) is 4.99 Å². The van der Waals surface area contributed by atoms with E-state index in [4.69, 9.17) is 4.74 Å². The Kier molecular flexibility index (Phi) is 9.39. The van der Waals surface area contributed by atoms with Crippen LogP contribution in [0.5, 0.6) is 0 Å². The van der Waals surface area contributed by atoms with E-state index in [9.17, 15) is 9.59 Å². The largest absolute Gasteiger partial charge is 0.379 e. The monoisotopic (exact) mass is 436 g/mol. The maximum Gasteiger partial charge on any atom is 0.243 e. The second kappa shape index (κ2) is 12.2. The summed E-state index contributed by atoms with van der Waals surface area (Å²) < 4.78 is 5.40. The molecule has 31 heavy (non-hydrogen) atoms. The van der Waals surface area contributed by atoms with Crippen molar-refractivity contribution in [3.8, 4) is 0 Å². The van der Waals surface area contributed by atoms with Gasteiger partial charge in [0.25, 0.3) is 0 Å². The number of morpholine rings is 1. The zero-order chi connectivity index (χ0) is 22.1. The van der Waals surface area contributed by atoms with Crippen molar-refractivity contribution in [3.63, 3.8) is 0 Å². The predicted octanol–water partition coefficient (Wildman–Crippen LogP) is 0.123. The molecule has 3 aliphatic rings. The first-order valence-electron chi connectivity index (χ1n) is 11.9. The van der Waals surface area contributed by atoms with E-state index < -0.39 is 0 Å². The Morgan fingerprint density at radius 3 is 2.52 bits per heavy atom. The number of guanidine groups is 1. The summed E-state index contributed by atoms with van der Waals surface area (Å²) in [5.41, 5.74) is 0. The SMILES string of the molecule is CN(C)C(=O)CN=C(NCCN1CCOCC1)NC1CCN(C(=O)C2CCCCC2)C1. The standard InChI is InChI=1S/C22H40N6O3/c1-26(2)20(29)16-24-22(23-9-11-27-12-14-31-15-13-27)25-19-8-10-28(17-19)21(30)18-6-4-3-5-7-18/h18-19H,3-17H2,1-2H3,(H2,23,24,25). The minimum atomic E-state index is -0.0326. The lowest BCUT2D eigenvalue weighted by atomic mass is 9.88. The van der Waals surface area contributed by atoms with E-state index >= 15 is 0 Å². The Morgan fingerprint density at radius 2 is 1.81 bits per heavy atom. The van der Waals surface area contributed by atoms with Gasteiger partial charge in [0.1, 0.15) is 6.54 Å². The summed E-state index contributed by atoms with van der Waals surface area (Å²) in [6.07, 6.45) is 6.59. The average molecular weight is 437 g/mol. The number of hydrogen-bond donors (Lipinski definition) is 2. The number of amides is 2. The molecule has 0 radical (unpaired) electrons. The number of ether oxygens (including phenoxy) is 1. The highest BCUT2D eigenvalue weighted by molar-refractivity contribution is 5.85. The zero-order valence-electron chi connectivity index (χ0n) is 19.3. The molecule has 0 aromatic carbocycles. The molecule has 9 nitrogen and oxygen atoms in total. The van der Waals surface area contributed by atoms with Crippen LogP contribution in [0.15, 0.2) is 4.99 Å². The number of nitrogens with one attached hydrogen (secondary N) is 2. The van der Waals surface area contributed by atoms with Crippen LogP contribution in [0.2, 0.25) is 0 Å². The Bertz CT molecular complexity index is 614. The van der Waals surface area contributed by atoms with Crippen LogP contribution in [-0.2, 0) is 14.3 Å². The molecule has 1 unspecified atom stereocenters. The fourth-order valence-electron chi connectivity index (χ4n) is 4.48. The summed E-state index contributed by atoms with van der Waals surface area (Å²) in [6.45, 7) is 6.72. The van der Waals surface area contributed by atoms with Crippen molar-refractivity contribution in [2.75, 3.05) is 73.1 Å². The smallest absolute Gasteiger partial charge is 0.243 e. The summed E-state index contributed by atoms with van der Waals surface area (Å²) in [5, 5.41) is 6.84. The summed E-state index contributed by atoms with van der Waals surface area (Å²) in [4.78, 5) is 35.3. The van der Waals surface area contributed by atoms with Gasteiger partial charge >= 0.3 is 0 Å². The summed E-state index contributed by atoms with van der Waals surface area (Å²) in [5.74, 6) is 1.16. The lowest BCUT2D eigenvalue weighted by molar-refractivity contribution is -0.135. The average Bonchev–Trinajstić information content (AvgIpc) is 3.26. The summed E-state index contributed by atoms with van der Waals surface area (Å²) in [6, 6.07) is 0.164. The second-order valence-electron chi connectivity index (χ2n) is 9.08. The van der Waals surface area contributed by atoms with Gasteiger partial charge in [0.2, 0.25) is 11.8 Å². The van der Waals surface area contributed by atoms with Gasteiger partial charge in [-0.2, -0.15) is 0 Å². The third-order valence-corrected chi connectivity index (χ3v) is 6.49. The molecule has 2 heterocycles. The molecular weight excluding hydrogens is 396 g/mol. The van der Waals surface area contributed by atoms with Crippen molar-refractivity contribution in [3.05, 3.63) is 0 Å². The minimum Gasteiger partial charge on any atom is -0.379 e. The van der Waals surface area contributed by atoms with Crippen molar-refractivity contribution in [1.29, 1.82) is 0 Å². The molecule has 3 rings (SSSR count). The number of hydrogen-bond acceptors (Lipinski definition) is 5. The number of nitrogens with zero attached hydrogens (tertiary/aromatic N) is 4. The number of likely N-dealkylation sites (tertiary alicyclic amines) is 1. The molecule has 3 fully saturated rings. The molecule has 2 saturated heterocycles. The van der Waals surface area contributed by atoms with Crippen LogP contribution in [0.3, 0.4) is 0 Å². The number of rotatable bonds is 7. The number of carbonyl (C=O) groups excluding carboxylic acids is 2. The third-order valence-electron chi connectivity index (χ3n) is 6.49. The van der Waals surface area contributed by atoms with Crippen LogP contribution in [0.4, 0.5) is 0 Å². The maximum absolute atomic E-state index is 12.9. The number of aliphatic imine (C=N–C) groups is 1. The molecule has 2 amide bonds. The van der Waals surface area contributed by atoms with Crippen LogP contribution in [-0.4, -0.2) is 112 Å². The van der Waals surface area contributed by atoms with Crippen LogP contribution in [0.25, 0.3) is 0 Å². The minimum absolute atomic E-state index is 0.0326. The Labute approximate surface area is 186 Å². The molecule has 1 aliphatic carbocycles. The molecule has 9 heteroatoms. The van der Waals surface area contributed by atoms with Crippen molar-refractivity contribution >= 4 is 17.8 Å². The molecule has 176 valence electrons. The first kappa shape index (κ1) is 23.8. The summed E-state index contributed by atoms with van der Waals surface area (Å²) >= 11 is 0. The van der Waals surface area contributed by atoms with Crippen molar-refractivity contribution in [1.82, 2.24) is 25.3 Å². The Morgan fingerprint density at radius 1 is 1.06 bits per heavy atom. The molecule has 2 N–H and O–H groups in total. The maximum atomic E-state index is 12.9. The molecule has 0 aromatic rings. The molecule has 1 saturated carbocycles. The molecule has 2 aliphatic heterocycles. The van der Waals surface area contributed by atoms with E-state index in [0.717, 1.165) is 65.2 Å². The Balaban J connectivity index is 1.50. The van der Waals surface area contributed by atoms with Gasteiger partial charge in [-0.15, -0.1) is 0 Å². The molecule has 1 atom stereocenters. The number of carbonyl (C=O) groups is 2. The molecular formula is C22H40N6O3. The highest BCUT2D eigenvalue weighted by Crippen LogP contribution is 2.26. The highest BCUT2D eigenvalue weighted by atomic mass is 16.5. The second-order valence-corrected chi connectivity index (χ2v) is 9.08. The van der Waals surface area contributed by atoms with Gasteiger partial charge in [-0.05, 0) is 19.3 Å². The van der Waals surface area contributed by atoms with Gasteiger partial charge < -0.3 is 25.2 Å². The van der Waals surface area contributed by atoms with Gasteiger partial charge in [0.15, 0.2) is 5.96 Å². The fraction of sp³-hybridized carbons (Fsp3) is 0.864. The zero-order valence-corrected chi connectivity index (χ0v) is 19.3. The lowest BCUT2D eigenvalue weighted by Gasteiger charge is -2.27. The predicted molar refractivity (Wildman–Crippen MR) is 121 cm³/mol. The normalized spacial score (nSPS) is 23.6. The molecule has 0 aromatic heterocycles. The van der Waals surface area contributed by atoms with Crippen molar-refractivity contribution in [2.24, 2.45) is 10.9 Å². The van der Waals surface area contributed by atoms with E-state index in [1.54, 1.807) is 19.0 Å². The first-order chi connectivity index (χ1) is 15.0. The topological polar surface area (TPSA) is 89.5 Å². The van der Waals surface area contributed by atoms with Crippen LogP contribution < -0.4 is 10.6 Å². The first-order valence-corrected chi connectivity index (χ1v) is 11.9. The quantitative estimate of drug-likeness (QED) is 0.435.